The van der Waals surface area contributed by atoms with Gasteiger partial charge in [0.25, 0.3) is 0 Å². The molecule has 6 nitrogen and oxygen atoms in total. The minimum absolute atomic E-state index is 0.0556. The number of amides is 1. The Hall–Kier alpha value is -2.24. The molecule has 1 amide bonds. The number of fused-ring (bicyclic) bond motifs is 3. The molecule has 0 fully saturated rings. The van der Waals surface area contributed by atoms with Gasteiger partial charge in [-0.1, -0.05) is 6.92 Å². The minimum atomic E-state index is -0.522. The number of nitrogens with zero attached hydrogens (tertiary/aromatic N) is 3. The highest BCUT2D eigenvalue weighted by Gasteiger charge is 2.30. The van der Waals surface area contributed by atoms with Crippen LogP contribution in [0, 0.1) is 0 Å². The van der Waals surface area contributed by atoms with Crippen molar-refractivity contribution in [2.75, 3.05) is 6.54 Å². The molecular formula is C18H25N3O3. The third-order valence-corrected chi connectivity index (χ3v) is 4.03. The van der Waals surface area contributed by atoms with E-state index in [1.165, 1.54) is 0 Å². The van der Waals surface area contributed by atoms with Crippen LogP contribution in [0.5, 0.6) is 5.75 Å². The molecule has 0 aliphatic carbocycles. The molecule has 1 atom stereocenters. The molecule has 24 heavy (non-hydrogen) atoms. The molecule has 1 aliphatic heterocycles. The molecule has 0 N–H and O–H groups in total. The van der Waals surface area contributed by atoms with E-state index in [2.05, 4.69) is 12.0 Å². The molecule has 0 saturated carbocycles. The van der Waals surface area contributed by atoms with E-state index in [4.69, 9.17) is 9.47 Å². The van der Waals surface area contributed by atoms with Crippen LogP contribution < -0.4 is 4.74 Å². The average Bonchev–Trinajstić information content (AvgIpc) is 2.75. The fourth-order valence-electron chi connectivity index (χ4n) is 2.91. The SMILES string of the molecule is CC[C@@H]1CN(C(=O)OC(C)(C)C)Cc2c(ccc3cn(C)nc23)O1. The van der Waals surface area contributed by atoms with Crippen molar-refractivity contribution in [3.05, 3.63) is 23.9 Å². The van der Waals surface area contributed by atoms with Crippen LogP contribution in [-0.4, -0.2) is 39.0 Å². The summed E-state index contributed by atoms with van der Waals surface area (Å²) in [5.41, 5.74) is 1.29. The first-order chi connectivity index (χ1) is 11.3. The van der Waals surface area contributed by atoms with E-state index in [1.807, 2.05) is 46.1 Å². The fourth-order valence-corrected chi connectivity index (χ4v) is 2.91. The van der Waals surface area contributed by atoms with Gasteiger partial charge in [0.05, 0.1) is 13.1 Å². The number of aromatic nitrogens is 2. The molecular weight excluding hydrogens is 306 g/mol. The van der Waals surface area contributed by atoms with Crippen molar-refractivity contribution in [1.82, 2.24) is 14.7 Å². The summed E-state index contributed by atoms with van der Waals surface area (Å²) in [5.74, 6) is 0.805. The van der Waals surface area contributed by atoms with Gasteiger partial charge in [-0.05, 0) is 39.3 Å². The maximum Gasteiger partial charge on any atom is 0.410 e. The van der Waals surface area contributed by atoms with Gasteiger partial charge < -0.3 is 9.47 Å². The molecule has 3 rings (SSSR count). The molecule has 2 aromatic rings. The van der Waals surface area contributed by atoms with Crippen LogP contribution in [0.4, 0.5) is 4.79 Å². The first kappa shape index (κ1) is 16.6. The zero-order valence-corrected chi connectivity index (χ0v) is 15.0. The van der Waals surface area contributed by atoms with Crippen LogP contribution in [0.15, 0.2) is 18.3 Å². The van der Waals surface area contributed by atoms with Crippen LogP contribution in [0.2, 0.25) is 0 Å². The van der Waals surface area contributed by atoms with Crippen molar-refractivity contribution >= 4 is 17.0 Å². The van der Waals surface area contributed by atoms with E-state index in [-0.39, 0.29) is 12.2 Å². The summed E-state index contributed by atoms with van der Waals surface area (Å²) in [4.78, 5) is 14.3. The van der Waals surface area contributed by atoms with Gasteiger partial charge in [0.15, 0.2) is 0 Å². The average molecular weight is 331 g/mol. The van der Waals surface area contributed by atoms with E-state index in [1.54, 1.807) is 9.58 Å². The van der Waals surface area contributed by atoms with Gasteiger partial charge in [-0.2, -0.15) is 5.10 Å². The zero-order chi connectivity index (χ0) is 17.5. The molecule has 6 heteroatoms. The number of hydrogen-bond acceptors (Lipinski definition) is 4. The zero-order valence-electron chi connectivity index (χ0n) is 15.0. The van der Waals surface area contributed by atoms with Crippen LogP contribution in [0.3, 0.4) is 0 Å². The summed E-state index contributed by atoms with van der Waals surface area (Å²) in [6.07, 6.45) is 2.42. The van der Waals surface area contributed by atoms with Crippen LogP contribution in [-0.2, 0) is 18.3 Å². The Morgan fingerprint density at radius 3 is 2.83 bits per heavy atom. The van der Waals surface area contributed by atoms with Crippen LogP contribution >= 0.6 is 0 Å². The van der Waals surface area contributed by atoms with Gasteiger partial charge in [0.1, 0.15) is 23.0 Å². The fraction of sp³-hybridized carbons (Fsp3) is 0.556. The van der Waals surface area contributed by atoms with Gasteiger partial charge in [0, 0.05) is 24.2 Å². The summed E-state index contributed by atoms with van der Waals surface area (Å²) in [5, 5.41) is 5.59. The van der Waals surface area contributed by atoms with Crippen LogP contribution in [0.1, 0.15) is 39.7 Å². The second kappa shape index (κ2) is 6.00. The molecule has 0 bridgehead atoms. The Bertz CT molecular complexity index is 761. The highest BCUT2D eigenvalue weighted by atomic mass is 16.6. The van der Waals surface area contributed by atoms with Gasteiger partial charge in [-0.15, -0.1) is 0 Å². The molecule has 0 radical (unpaired) electrons. The van der Waals surface area contributed by atoms with Crippen LogP contribution in [0.25, 0.3) is 10.9 Å². The first-order valence-corrected chi connectivity index (χ1v) is 8.36. The van der Waals surface area contributed by atoms with E-state index in [0.717, 1.165) is 28.6 Å². The highest BCUT2D eigenvalue weighted by Crippen LogP contribution is 2.32. The lowest BCUT2D eigenvalue weighted by Gasteiger charge is -2.27. The predicted octanol–water partition coefficient (Wildman–Crippen LogP) is 3.48. The normalized spacial score (nSPS) is 18.0. The van der Waals surface area contributed by atoms with E-state index in [9.17, 15) is 4.79 Å². The second-order valence-corrected chi connectivity index (χ2v) is 7.29. The number of rotatable bonds is 1. The molecule has 2 heterocycles. The lowest BCUT2D eigenvalue weighted by molar-refractivity contribution is 0.0177. The Morgan fingerprint density at radius 1 is 1.42 bits per heavy atom. The Kier molecular flexibility index (Phi) is 4.15. The van der Waals surface area contributed by atoms with Crippen molar-refractivity contribution in [3.8, 4) is 5.75 Å². The van der Waals surface area contributed by atoms with Gasteiger partial charge in [-0.25, -0.2) is 4.79 Å². The minimum Gasteiger partial charge on any atom is -0.488 e. The standard InChI is InChI=1S/C18H25N3O3/c1-6-13-10-21(17(22)24-18(2,3)4)11-14-15(23-13)8-7-12-9-20(5)19-16(12)14/h7-9,13H,6,10-11H2,1-5H3/t13-/m1/s1. The lowest BCUT2D eigenvalue weighted by Crippen LogP contribution is -2.40. The third-order valence-electron chi connectivity index (χ3n) is 4.03. The van der Waals surface area contributed by atoms with Crippen molar-refractivity contribution in [2.24, 2.45) is 7.05 Å². The first-order valence-electron chi connectivity index (χ1n) is 8.36. The van der Waals surface area contributed by atoms with Crippen molar-refractivity contribution in [3.63, 3.8) is 0 Å². The third kappa shape index (κ3) is 3.32. The van der Waals surface area contributed by atoms with E-state index >= 15 is 0 Å². The molecule has 0 spiro atoms. The highest BCUT2D eigenvalue weighted by molar-refractivity contribution is 5.84. The summed E-state index contributed by atoms with van der Waals surface area (Å²) < 4.78 is 13.5. The summed E-state index contributed by atoms with van der Waals surface area (Å²) in [6.45, 7) is 8.63. The molecule has 1 aromatic carbocycles. The topological polar surface area (TPSA) is 56.6 Å². The number of ether oxygens (including phenoxy) is 2. The number of carbonyl (C=O) groups is 1. The van der Waals surface area contributed by atoms with Crippen molar-refractivity contribution in [1.29, 1.82) is 0 Å². The monoisotopic (exact) mass is 331 g/mol. The van der Waals surface area contributed by atoms with Gasteiger partial charge in [-0.3, -0.25) is 9.58 Å². The molecule has 1 aliphatic rings. The van der Waals surface area contributed by atoms with Gasteiger partial charge >= 0.3 is 6.09 Å². The molecule has 130 valence electrons. The molecule has 1 aromatic heterocycles. The smallest absolute Gasteiger partial charge is 0.410 e. The largest absolute Gasteiger partial charge is 0.488 e. The quantitative estimate of drug-likeness (QED) is 0.803. The number of benzene rings is 1. The Balaban J connectivity index is 2.00. The Labute approximate surface area is 142 Å². The van der Waals surface area contributed by atoms with Crippen molar-refractivity contribution in [2.45, 2.75) is 52.4 Å². The van der Waals surface area contributed by atoms with Crippen molar-refractivity contribution < 1.29 is 14.3 Å². The predicted molar refractivity (Wildman–Crippen MR) is 92.1 cm³/mol. The molecule has 0 saturated heterocycles. The number of carbonyl (C=O) groups excluding carboxylic acids is 1. The van der Waals surface area contributed by atoms with E-state index in [0.29, 0.717) is 13.1 Å². The van der Waals surface area contributed by atoms with E-state index < -0.39 is 5.60 Å². The number of hydrogen-bond donors (Lipinski definition) is 0. The summed E-state index contributed by atoms with van der Waals surface area (Å²) in [6, 6.07) is 3.98. The maximum atomic E-state index is 12.6. The lowest BCUT2D eigenvalue weighted by atomic mass is 10.1. The Morgan fingerprint density at radius 2 is 2.17 bits per heavy atom. The second-order valence-electron chi connectivity index (χ2n) is 7.29. The summed E-state index contributed by atoms with van der Waals surface area (Å²) in [7, 11) is 1.89. The molecule has 0 unspecified atom stereocenters. The van der Waals surface area contributed by atoms with Gasteiger partial charge in [0.2, 0.25) is 0 Å². The number of aryl methyl sites for hydroxylation is 1. The maximum absolute atomic E-state index is 12.6. The summed E-state index contributed by atoms with van der Waals surface area (Å²) >= 11 is 0.